The lowest BCUT2D eigenvalue weighted by Crippen LogP contribution is -2.48. The summed E-state index contributed by atoms with van der Waals surface area (Å²) < 4.78 is 52.2. The number of pyridine rings is 1. The van der Waals surface area contributed by atoms with Crippen LogP contribution in [0, 0.1) is 5.82 Å². The van der Waals surface area contributed by atoms with Crippen molar-refractivity contribution < 1.29 is 22.4 Å². The summed E-state index contributed by atoms with van der Waals surface area (Å²) in [5.41, 5.74) is 1.06. The van der Waals surface area contributed by atoms with Crippen LogP contribution in [0.25, 0.3) is 22.4 Å². The Balaban J connectivity index is 1.69. The van der Waals surface area contributed by atoms with Gasteiger partial charge >= 0.3 is 6.18 Å². The molecule has 0 aromatic carbocycles. The number of aromatic amines is 1. The molecule has 4 heterocycles. The number of hydrogen-bond donors (Lipinski definition) is 2. The van der Waals surface area contributed by atoms with Gasteiger partial charge in [-0.2, -0.15) is 13.2 Å². The molecule has 2 atom stereocenters. The van der Waals surface area contributed by atoms with E-state index < -0.39 is 30.5 Å². The van der Waals surface area contributed by atoms with Gasteiger partial charge in [-0.15, -0.1) is 0 Å². The third kappa shape index (κ3) is 4.27. The Morgan fingerprint density at radius 2 is 2.10 bits per heavy atom. The Bertz CT molecular complexity index is 1130. The Labute approximate surface area is 178 Å². The molecule has 12 heteroatoms. The molecule has 7 nitrogen and oxygen atoms in total. The maximum absolute atomic E-state index is 14.7. The van der Waals surface area contributed by atoms with E-state index in [-0.39, 0.29) is 24.1 Å². The molecule has 0 radical (unpaired) electrons. The molecule has 1 fully saturated rings. The van der Waals surface area contributed by atoms with Gasteiger partial charge in [0.1, 0.15) is 18.2 Å². The summed E-state index contributed by atoms with van der Waals surface area (Å²) in [6, 6.07) is 0.375. The van der Waals surface area contributed by atoms with Crippen molar-refractivity contribution in [1.29, 1.82) is 0 Å². The Morgan fingerprint density at radius 3 is 2.84 bits per heavy atom. The monoisotopic (exact) mass is 456 g/mol. The van der Waals surface area contributed by atoms with Gasteiger partial charge in [0, 0.05) is 29.4 Å². The van der Waals surface area contributed by atoms with Crippen molar-refractivity contribution in [3.05, 3.63) is 35.5 Å². The molecule has 0 aliphatic carbocycles. The number of carbonyl (C=O) groups is 1. The molecule has 2 N–H and O–H groups in total. The maximum atomic E-state index is 14.7. The van der Waals surface area contributed by atoms with Gasteiger partial charge in [0.05, 0.1) is 11.2 Å². The second-order valence-electron chi connectivity index (χ2n) is 7.30. The van der Waals surface area contributed by atoms with Crippen molar-refractivity contribution in [3.8, 4) is 11.4 Å². The maximum Gasteiger partial charge on any atom is 0.405 e. The van der Waals surface area contributed by atoms with E-state index >= 15 is 0 Å². The van der Waals surface area contributed by atoms with Crippen LogP contribution in [0.1, 0.15) is 19.8 Å². The molecule has 1 aliphatic heterocycles. The lowest BCUT2D eigenvalue weighted by molar-refractivity contribution is -0.139. The van der Waals surface area contributed by atoms with E-state index in [2.05, 4.69) is 19.9 Å². The summed E-state index contributed by atoms with van der Waals surface area (Å²) in [6.07, 6.45) is 0.280. The summed E-state index contributed by atoms with van der Waals surface area (Å²) in [7, 11) is 0. The second kappa shape index (κ2) is 7.95. The topological polar surface area (TPSA) is 86.8 Å². The summed E-state index contributed by atoms with van der Waals surface area (Å²) in [4.78, 5) is 29.3. The fraction of sp³-hybridized carbons (Fsp3) is 0.368. The Hall–Kier alpha value is -2.95. The van der Waals surface area contributed by atoms with E-state index in [4.69, 9.17) is 11.6 Å². The number of nitrogens with one attached hydrogen (secondary N) is 2. The number of nitrogens with zero attached hydrogens (tertiary/aromatic N) is 4. The van der Waals surface area contributed by atoms with Crippen LogP contribution in [-0.2, 0) is 4.79 Å². The van der Waals surface area contributed by atoms with Crippen LogP contribution >= 0.6 is 11.6 Å². The zero-order valence-electron chi connectivity index (χ0n) is 16.2. The predicted molar refractivity (Wildman–Crippen MR) is 106 cm³/mol. The van der Waals surface area contributed by atoms with Crippen LogP contribution in [0.15, 0.2) is 24.7 Å². The van der Waals surface area contributed by atoms with Crippen LogP contribution in [0.4, 0.5) is 23.4 Å². The molecule has 0 saturated carbocycles. The van der Waals surface area contributed by atoms with Crippen LogP contribution in [0.5, 0.6) is 0 Å². The predicted octanol–water partition coefficient (Wildman–Crippen LogP) is 3.85. The zero-order valence-corrected chi connectivity index (χ0v) is 16.9. The van der Waals surface area contributed by atoms with Crippen LogP contribution in [0.2, 0.25) is 5.02 Å². The first kappa shape index (κ1) is 21.3. The first-order chi connectivity index (χ1) is 14.6. The first-order valence-corrected chi connectivity index (χ1v) is 9.80. The number of rotatable bonds is 4. The molecule has 0 bridgehead atoms. The van der Waals surface area contributed by atoms with E-state index in [9.17, 15) is 22.4 Å². The third-order valence-corrected chi connectivity index (χ3v) is 5.35. The van der Waals surface area contributed by atoms with Crippen molar-refractivity contribution in [1.82, 2.24) is 25.3 Å². The lowest BCUT2D eigenvalue weighted by Gasteiger charge is -2.29. The van der Waals surface area contributed by atoms with Gasteiger partial charge in [0.25, 0.3) is 0 Å². The number of alkyl halides is 3. The minimum Gasteiger partial charge on any atom is -0.345 e. The number of hydrogen-bond acceptors (Lipinski definition) is 5. The highest BCUT2D eigenvalue weighted by Crippen LogP contribution is 2.34. The summed E-state index contributed by atoms with van der Waals surface area (Å²) in [6.45, 7) is 0.304. The summed E-state index contributed by atoms with van der Waals surface area (Å²) in [5.74, 6) is -1.59. The fourth-order valence-electron chi connectivity index (χ4n) is 3.74. The third-order valence-electron chi connectivity index (χ3n) is 5.14. The molecule has 0 unspecified atom stereocenters. The molecule has 1 amide bonds. The molecular formula is C19H17ClF4N6O. The second-order valence-corrected chi connectivity index (χ2v) is 7.74. The smallest absolute Gasteiger partial charge is 0.345 e. The normalized spacial score (nSPS) is 19.2. The number of carbonyl (C=O) groups excluding carboxylic acids is 1. The molecule has 4 rings (SSSR count). The average molecular weight is 457 g/mol. The number of aromatic nitrogens is 4. The zero-order chi connectivity index (χ0) is 22.3. The SMILES string of the molecule is C[C@H]1CC[C@H](C(=O)NCC(F)(F)F)N1c1nc(-c2c[nH]c3ncc(Cl)cc23)ncc1F. The average Bonchev–Trinajstić information content (AvgIpc) is 3.29. The number of H-pyrrole nitrogens is 1. The van der Waals surface area contributed by atoms with Crippen LogP contribution < -0.4 is 10.2 Å². The largest absolute Gasteiger partial charge is 0.405 e. The van der Waals surface area contributed by atoms with Crippen molar-refractivity contribution in [3.63, 3.8) is 0 Å². The molecule has 164 valence electrons. The van der Waals surface area contributed by atoms with Gasteiger partial charge in [-0.25, -0.2) is 19.3 Å². The van der Waals surface area contributed by atoms with E-state index in [1.807, 2.05) is 5.32 Å². The van der Waals surface area contributed by atoms with E-state index in [0.717, 1.165) is 6.20 Å². The van der Waals surface area contributed by atoms with Crippen molar-refractivity contribution in [2.24, 2.45) is 0 Å². The Morgan fingerprint density at radius 1 is 1.32 bits per heavy atom. The number of fused-ring (bicyclic) bond motifs is 1. The molecule has 1 aliphatic rings. The number of amides is 1. The van der Waals surface area contributed by atoms with E-state index in [1.54, 1.807) is 19.2 Å². The van der Waals surface area contributed by atoms with Crippen molar-refractivity contribution in [2.45, 2.75) is 38.0 Å². The molecular weight excluding hydrogens is 440 g/mol. The molecule has 31 heavy (non-hydrogen) atoms. The van der Waals surface area contributed by atoms with E-state index in [0.29, 0.717) is 28.0 Å². The Kier molecular flexibility index (Phi) is 5.46. The van der Waals surface area contributed by atoms with Crippen LogP contribution in [0.3, 0.4) is 0 Å². The molecule has 3 aromatic heterocycles. The highest BCUT2D eigenvalue weighted by atomic mass is 35.5. The van der Waals surface area contributed by atoms with Gasteiger partial charge in [0.15, 0.2) is 17.5 Å². The minimum atomic E-state index is -4.54. The summed E-state index contributed by atoms with van der Waals surface area (Å²) >= 11 is 6.02. The summed E-state index contributed by atoms with van der Waals surface area (Å²) in [5, 5.41) is 2.90. The van der Waals surface area contributed by atoms with Gasteiger partial charge in [-0.1, -0.05) is 11.6 Å². The standard InChI is InChI=1S/C19H17ClF4N6O/c1-9-2-3-14(18(31)28-8-19(22,23)24)30(9)17-13(21)7-27-16(29-17)12-6-26-15-11(12)4-10(20)5-25-15/h4-7,9,14H,2-3,8H2,1H3,(H,25,26)(H,28,31)/t9-,14+/m0/s1. The van der Waals surface area contributed by atoms with Gasteiger partial charge < -0.3 is 15.2 Å². The van der Waals surface area contributed by atoms with Crippen LogP contribution in [-0.4, -0.2) is 50.6 Å². The van der Waals surface area contributed by atoms with Crippen molar-refractivity contribution in [2.75, 3.05) is 11.4 Å². The molecule has 0 spiro atoms. The molecule has 3 aromatic rings. The van der Waals surface area contributed by atoms with Gasteiger partial charge in [0.2, 0.25) is 5.91 Å². The lowest BCUT2D eigenvalue weighted by atomic mass is 10.2. The van der Waals surface area contributed by atoms with E-state index in [1.165, 1.54) is 11.1 Å². The fourth-order valence-corrected chi connectivity index (χ4v) is 3.89. The minimum absolute atomic E-state index is 0.147. The van der Waals surface area contributed by atoms with Gasteiger partial charge in [-0.05, 0) is 25.8 Å². The highest BCUT2D eigenvalue weighted by Gasteiger charge is 2.39. The quantitative estimate of drug-likeness (QED) is 0.582. The number of anilines is 1. The number of halogens is 5. The first-order valence-electron chi connectivity index (χ1n) is 9.42. The van der Waals surface area contributed by atoms with Crippen molar-refractivity contribution >= 4 is 34.4 Å². The molecule has 1 saturated heterocycles. The highest BCUT2D eigenvalue weighted by molar-refractivity contribution is 6.31. The van der Waals surface area contributed by atoms with Gasteiger partial charge in [-0.3, -0.25) is 4.79 Å².